The number of ether oxygens (including phenoxy) is 2. The van der Waals surface area contributed by atoms with E-state index >= 15 is 0 Å². The van der Waals surface area contributed by atoms with E-state index in [0.29, 0.717) is 6.61 Å². The normalized spacial score (nSPS) is 23.4. The highest BCUT2D eigenvalue weighted by atomic mass is 16.6. The molecule has 0 aromatic carbocycles. The van der Waals surface area contributed by atoms with Crippen LogP contribution in [0.3, 0.4) is 0 Å². The standard InChI is InChI=1S/C23H46O5/c1-2-3-4-5-6-7-8-9-10-11-12-13-14-15-16-17-27-23-21(26)19-28-22(23)20(25)18-24/h20-26H,2-19H2,1H3/t20-,21+,22+,23+/m1/s1. The highest BCUT2D eigenvalue weighted by Crippen LogP contribution is 2.21. The van der Waals surface area contributed by atoms with Crippen LogP contribution in [0.4, 0.5) is 0 Å². The molecule has 0 amide bonds. The van der Waals surface area contributed by atoms with E-state index in [1.807, 2.05) is 0 Å². The van der Waals surface area contributed by atoms with Crippen LogP contribution in [0.5, 0.6) is 0 Å². The van der Waals surface area contributed by atoms with Crippen molar-refractivity contribution in [1.82, 2.24) is 0 Å². The Kier molecular flexibility index (Phi) is 16.3. The quantitative estimate of drug-likeness (QED) is 0.280. The molecule has 0 saturated carbocycles. The topological polar surface area (TPSA) is 79.2 Å². The lowest BCUT2D eigenvalue weighted by molar-refractivity contribution is -0.0938. The Morgan fingerprint density at radius 1 is 0.821 bits per heavy atom. The van der Waals surface area contributed by atoms with E-state index in [0.717, 1.165) is 12.8 Å². The number of hydrogen-bond donors (Lipinski definition) is 3. The maximum absolute atomic E-state index is 9.89. The van der Waals surface area contributed by atoms with Gasteiger partial charge in [-0.05, 0) is 6.42 Å². The largest absolute Gasteiger partial charge is 0.394 e. The second-order valence-electron chi connectivity index (χ2n) is 8.40. The summed E-state index contributed by atoms with van der Waals surface area (Å²) in [6, 6.07) is 0. The number of rotatable bonds is 19. The predicted octanol–water partition coefficient (Wildman–Crippen LogP) is 4.36. The fourth-order valence-corrected chi connectivity index (χ4v) is 3.95. The molecule has 0 bridgehead atoms. The lowest BCUT2D eigenvalue weighted by atomic mass is 10.0. The first-order valence-corrected chi connectivity index (χ1v) is 11.9. The van der Waals surface area contributed by atoms with E-state index < -0.39 is 24.4 Å². The van der Waals surface area contributed by atoms with Gasteiger partial charge in [-0.2, -0.15) is 0 Å². The molecule has 0 radical (unpaired) electrons. The van der Waals surface area contributed by atoms with Crippen LogP contribution >= 0.6 is 0 Å². The van der Waals surface area contributed by atoms with Crippen molar-refractivity contribution in [3.05, 3.63) is 0 Å². The van der Waals surface area contributed by atoms with Crippen LogP contribution in [0, 0.1) is 0 Å². The van der Waals surface area contributed by atoms with Gasteiger partial charge in [0.25, 0.3) is 0 Å². The molecule has 4 atom stereocenters. The van der Waals surface area contributed by atoms with Gasteiger partial charge in [0.05, 0.1) is 13.2 Å². The molecule has 0 unspecified atom stereocenters. The predicted molar refractivity (Wildman–Crippen MR) is 114 cm³/mol. The van der Waals surface area contributed by atoms with E-state index in [1.54, 1.807) is 0 Å². The van der Waals surface area contributed by atoms with E-state index in [2.05, 4.69) is 6.92 Å². The van der Waals surface area contributed by atoms with Crippen LogP contribution in [0.1, 0.15) is 103 Å². The summed E-state index contributed by atoms with van der Waals surface area (Å²) in [5.41, 5.74) is 0. The smallest absolute Gasteiger partial charge is 0.114 e. The Morgan fingerprint density at radius 2 is 1.29 bits per heavy atom. The fraction of sp³-hybridized carbons (Fsp3) is 1.00. The van der Waals surface area contributed by atoms with Gasteiger partial charge < -0.3 is 24.8 Å². The minimum absolute atomic E-state index is 0.158. The van der Waals surface area contributed by atoms with Crippen molar-refractivity contribution in [2.24, 2.45) is 0 Å². The molecule has 1 aliphatic rings. The van der Waals surface area contributed by atoms with Crippen molar-refractivity contribution in [2.75, 3.05) is 19.8 Å². The minimum Gasteiger partial charge on any atom is -0.394 e. The summed E-state index contributed by atoms with van der Waals surface area (Å²) in [5.74, 6) is 0. The summed E-state index contributed by atoms with van der Waals surface area (Å²) in [6.07, 6.45) is 17.0. The van der Waals surface area contributed by atoms with Crippen molar-refractivity contribution < 1.29 is 24.8 Å². The monoisotopic (exact) mass is 402 g/mol. The summed E-state index contributed by atoms with van der Waals surface area (Å²) in [7, 11) is 0. The molecule has 1 heterocycles. The van der Waals surface area contributed by atoms with E-state index in [-0.39, 0.29) is 13.2 Å². The maximum Gasteiger partial charge on any atom is 0.114 e. The molecular formula is C23H46O5. The van der Waals surface area contributed by atoms with Gasteiger partial charge in [-0.3, -0.25) is 0 Å². The van der Waals surface area contributed by atoms with Crippen molar-refractivity contribution in [3.63, 3.8) is 0 Å². The molecule has 0 aromatic heterocycles. The molecule has 168 valence electrons. The zero-order valence-electron chi connectivity index (χ0n) is 18.2. The second-order valence-corrected chi connectivity index (χ2v) is 8.40. The summed E-state index contributed by atoms with van der Waals surface area (Å²) < 4.78 is 11.0. The Labute approximate surface area is 172 Å². The summed E-state index contributed by atoms with van der Waals surface area (Å²) >= 11 is 0. The molecule has 0 spiro atoms. The van der Waals surface area contributed by atoms with Crippen LogP contribution in [0.2, 0.25) is 0 Å². The third-order valence-electron chi connectivity index (χ3n) is 5.79. The lowest BCUT2D eigenvalue weighted by Gasteiger charge is -2.23. The molecular weight excluding hydrogens is 356 g/mol. The van der Waals surface area contributed by atoms with Gasteiger partial charge in [0.2, 0.25) is 0 Å². The molecule has 1 fully saturated rings. The van der Waals surface area contributed by atoms with Gasteiger partial charge in [-0.25, -0.2) is 0 Å². The Balaban J connectivity index is 1.84. The first-order chi connectivity index (χ1) is 13.7. The SMILES string of the molecule is CCCCCCCCCCCCCCCCCO[C@@H]1[C@H]([C@H](O)CO)OC[C@@H]1O. The highest BCUT2D eigenvalue weighted by Gasteiger charge is 2.40. The average molecular weight is 403 g/mol. The van der Waals surface area contributed by atoms with Crippen molar-refractivity contribution in [3.8, 4) is 0 Å². The molecule has 28 heavy (non-hydrogen) atoms. The number of hydrogen-bond acceptors (Lipinski definition) is 5. The van der Waals surface area contributed by atoms with Gasteiger partial charge in [0, 0.05) is 6.61 Å². The minimum atomic E-state index is -0.997. The molecule has 5 nitrogen and oxygen atoms in total. The maximum atomic E-state index is 9.89. The van der Waals surface area contributed by atoms with Gasteiger partial charge in [0.1, 0.15) is 24.4 Å². The van der Waals surface area contributed by atoms with Crippen LogP contribution in [-0.2, 0) is 9.47 Å². The van der Waals surface area contributed by atoms with Crippen molar-refractivity contribution in [1.29, 1.82) is 0 Å². The van der Waals surface area contributed by atoms with E-state index in [9.17, 15) is 10.2 Å². The molecule has 1 rings (SSSR count). The number of aliphatic hydroxyl groups excluding tert-OH is 3. The first-order valence-electron chi connectivity index (χ1n) is 11.9. The second kappa shape index (κ2) is 17.6. The fourth-order valence-electron chi connectivity index (χ4n) is 3.95. The molecule has 5 heteroatoms. The molecule has 1 saturated heterocycles. The Hall–Kier alpha value is -0.200. The summed E-state index contributed by atoms with van der Waals surface area (Å²) in [4.78, 5) is 0. The molecule has 0 aliphatic carbocycles. The zero-order chi connectivity index (χ0) is 20.5. The molecule has 1 aliphatic heterocycles. The third kappa shape index (κ3) is 11.7. The highest BCUT2D eigenvalue weighted by molar-refractivity contribution is 4.89. The Bertz CT molecular complexity index is 339. The van der Waals surface area contributed by atoms with Gasteiger partial charge in [0.15, 0.2) is 0 Å². The zero-order valence-corrected chi connectivity index (χ0v) is 18.2. The third-order valence-corrected chi connectivity index (χ3v) is 5.79. The lowest BCUT2D eigenvalue weighted by Crippen LogP contribution is -2.42. The van der Waals surface area contributed by atoms with Crippen LogP contribution in [0.25, 0.3) is 0 Å². The average Bonchev–Trinajstić information content (AvgIpc) is 3.07. The first kappa shape index (κ1) is 25.8. The van der Waals surface area contributed by atoms with Crippen LogP contribution < -0.4 is 0 Å². The van der Waals surface area contributed by atoms with Crippen molar-refractivity contribution in [2.45, 2.75) is 128 Å². The molecule has 0 aromatic rings. The van der Waals surface area contributed by atoms with Crippen molar-refractivity contribution >= 4 is 0 Å². The van der Waals surface area contributed by atoms with Gasteiger partial charge in [-0.1, -0.05) is 96.8 Å². The van der Waals surface area contributed by atoms with Crippen LogP contribution in [-0.4, -0.2) is 59.6 Å². The van der Waals surface area contributed by atoms with Crippen LogP contribution in [0.15, 0.2) is 0 Å². The molecule has 3 N–H and O–H groups in total. The number of unbranched alkanes of at least 4 members (excludes halogenated alkanes) is 14. The summed E-state index contributed by atoms with van der Waals surface area (Å²) in [6.45, 7) is 2.62. The van der Waals surface area contributed by atoms with Gasteiger partial charge in [-0.15, -0.1) is 0 Å². The number of aliphatic hydroxyl groups is 3. The van der Waals surface area contributed by atoms with E-state index in [1.165, 1.54) is 83.5 Å². The summed E-state index contributed by atoms with van der Waals surface area (Å²) in [5, 5.41) is 28.6. The Morgan fingerprint density at radius 3 is 1.75 bits per heavy atom. The van der Waals surface area contributed by atoms with E-state index in [4.69, 9.17) is 14.6 Å². The van der Waals surface area contributed by atoms with Gasteiger partial charge >= 0.3 is 0 Å².